The molecule has 4 rings (SSSR count). The summed E-state index contributed by atoms with van der Waals surface area (Å²) in [4.78, 5) is 0. The average molecular weight is 393 g/mol. The van der Waals surface area contributed by atoms with Gasteiger partial charge in [-0.1, -0.05) is 85.8 Å². The number of hydrogen-bond acceptors (Lipinski definition) is 2. The molecule has 0 spiro atoms. The van der Waals surface area contributed by atoms with E-state index in [1.54, 1.807) is 0 Å². The molecule has 0 aliphatic heterocycles. The van der Waals surface area contributed by atoms with Gasteiger partial charge >= 0.3 is 0 Å². The highest BCUT2D eigenvalue weighted by Gasteiger charge is 2.16. The van der Waals surface area contributed by atoms with Gasteiger partial charge in [-0.3, -0.25) is 0 Å². The zero-order chi connectivity index (χ0) is 20.6. The van der Waals surface area contributed by atoms with Crippen molar-refractivity contribution in [2.24, 2.45) is 0 Å². The van der Waals surface area contributed by atoms with Crippen LogP contribution in [0.1, 0.15) is 36.4 Å². The largest absolute Gasteiger partial charge is 0.378 e. The second-order valence-corrected chi connectivity index (χ2v) is 7.72. The van der Waals surface area contributed by atoms with Crippen LogP contribution in [0.4, 0.5) is 17.1 Å². The first kappa shape index (κ1) is 19.8. The molecule has 150 valence electrons. The Hall–Kier alpha value is -3.52. The van der Waals surface area contributed by atoms with E-state index in [-0.39, 0.29) is 6.04 Å². The summed E-state index contributed by atoms with van der Waals surface area (Å²) < 4.78 is 0. The lowest BCUT2D eigenvalue weighted by atomic mass is 9.90. The summed E-state index contributed by atoms with van der Waals surface area (Å²) in [7, 11) is 0. The first-order valence-corrected chi connectivity index (χ1v) is 10.6. The van der Waals surface area contributed by atoms with Crippen molar-refractivity contribution in [2.45, 2.75) is 25.3 Å². The van der Waals surface area contributed by atoms with E-state index in [2.05, 4.69) is 115 Å². The van der Waals surface area contributed by atoms with Gasteiger partial charge in [0.25, 0.3) is 0 Å². The molecule has 30 heavy (non-hydrogen) atoms. The number of para-hydroxylation sites is 1. The SMILES string of the molecule is CC(CC(Nc1ccc(Nc2ccccc2)cc1)c1ccccc1)c1ccccc1. The van der Waals surface area contributed by atoms with Crippen molar-refractivity contribution in [3.8, 4) is 0 Å². The molecule has 0 saturated carbocycles. The van der Waals surface area contributed by atoms with Crippen molar-refractivity contribution >= 4 is 17.1 Å². The van der Waals surface area contributed by atoms with Crippen LogP contribution in [0.2, 0.25) is 0 Å². The molecule has 0 aromatic heterocycles. The molecule has 2 N–H and O–H groups in total. The standard InChI is InChI=1S/C28H28N2/c1-22(23-11-5-2-6-12-23)21-28(24-13-7-3-8-14-24)30-27-19-17-26(18-20-27)29-25-15-9-4-10-16-25/h2-20,22,28-30H,21H2,1H3. The normalized spacial score (nSPS) is 12.7. The van der Waals surface area contributed by atoms with Crippen LogP contribution >= 0.6 is 0 Å². The zero-order valence-corrected chi connectivity index (χ0v) is 17.3. The Morgan fingerprint density at radius 2 is 1.00 bits per heavy atom. The fraction of sp³-hybridized carbons (Fsp3) is 0.143. The number of hydrogen-bond donors (Lipinski definition) is 2. The van der Waals surface area contributed by atoms with Gasteiger partial charge in [0, 0.05) is 17.1 Å². The molecule has 4 aromatic carbocycles. The van der Waals surface area contributed by atoms with Gasteiger partial charge in [0.15, 0.2) is 0 Å². The summed E-state index contributed by atoms with van der Waals surface area (Å²) in [6.45, 7) is 2.31. The van der Waals surface area contributed by atoms with Crippen LogP contribution in [0.25, 0.3) is 0 Å². The third-order valence-electron chi connectivity index (χ3n) is 5.45. The van der Waals surface area contributed by atoms with Crippen molar-refractivity contribution in [3.63, 3.8) is 0 Å². The molecule has 2 atom stereocenters. The maximum absolute atomic E-state index is 3.76. The maximum atomic E-state index is 3.76. The van der Waals surface area contributed by atoms with Crippen molar-refractivity contribution in [1.82, 2.24) is 0 Å². The molecule has 0 fully saturated rings. The Morgan fingerprint density at radius 3 is 1.60 bits per heavy atom. The van der Waals surface area contributed by atoms with E-state index in [0.717, 1.165) is 23.5 Å². The molecule has 2 unspecified atom stereocenters. The number of anilines is 3. The minimum atomic E-state index is 0.245. The van der Waals surface area contributed by atoms with Crippen LogP contribution in [0, 0.1) is 0 Å². The van der Waals surface area contributed by atoms with Crippen LogP contribution in [0.5, 0.6) is 0 Å². The molecule has 0 saturated heterocycles. The highest BCUT2D eigenvalue weighted by molar-refractivity contribution is 5.62. The molecule has 0 aliphatic carbocycles. The van der Waals surface area contributed by atoms with E-state index in [9.17, 15) is 0 Å². The smallest absolute Gasteiger partial charge is 0.0519 e. The highest BCUT2D eigenvalue weighted by atomic mass is 14.9. The molecular weight excluding hydrogens is 364 g/mol. The molecule has 0 aliphatic rings. The first-order chi connectivity index (χ1) is 14.8. The predicted octanol–water partition coefficient (Wildman–Crippen LogP) is 7.78. The van der Waals surface area contributed by atoms with E-state index in [4.69, 9.17) is 0 Å². The molecule has 2 heteroatoms. The summed E-state index contributed by atoms with van der Waals surface area (Å²) in [6.07, 6.45) is 1.03. The Kier molecular flexibility index (Phi) is 6.46. The fourth-order valence-electron chi connectivity index (χ4n) is 3.77. The lowest BCUT2D eigenvalue weighted by molar-refractivity contribution is 0.602. The minimum absolute atomic E-state index is 0.245. The first-order valence-electron chi connectivity index (χ1n) is 10.6. The summed E-state index contributed by atoms with van der Waals surface area (Å²) in [5, 5.41) is 7.20. The molecule has 4 aromatic rings. The van der Waals surface area contributed by atoms with Crippen LogP contribution < -0.4 is 10.6 Å². The van der Waals surface area contributed by atoms with Gasteiger partial charge in [-0.25, -0.2) is 0 Å². The van der Waals surface area contributed by atoms with Crippen LogP contribution in [-0.4, -0.2) is 0 Å². The quantitative estimate of drug-likeness (QED) is 0.320. The molecule has 0 amide bonds. The summed E-state index contributed by atoms with van der Waals surface area (Å²) in [5.41, 5.74) is 6.00. The second-order valence-electron chi connectivity index (χ2n) is 7.72. The van der Waals surface area contributed by atoms with E-state index in [0.29, 0.717) is 5.92 Å². The molecule has 2 nitrogen and oxygen atoms in total. The lowest BCUT2D eigenvalue weighted by Crippen LogP contribution is -2.13. The second kappa shape index (κ2) is 9.80. The molecule has 0 radical (unpaired) electrons. The van der Waals surface area contributed by atoms with Crippen molar-refractivity contribution < 1.29 is 0 Å². The van der Waals surface area contributed by atoms with E-state index < -0.39 is 0 Å². The fourth-order valence-corrected chi connectivity index (χ4v) is 3.77. The average Bonchev–Trinajstić information content (AvgIpc) is 2.81. The third-order valence-corrected chi connectivity index (χ3v) is 5.45. The van der Waals surface area contributed by atoms with Crippen LogP contribution in [-0.2, 0) is 0 Å². The van der Waals surface area contributed by atoms with Crippen LogP contribution in [0.15, 0.2) is 115 Å². The van der Waals surface area contributed by atoms with Gasteiger partial charge in [-0.15, -0.1) is 0 Å². The summed E-state index contributed by atoms with van der Waals surface area (Å²) in [6, 6.07) is 40.5. The Labute approximate surface area is 179 Å². The maximum Gasteiger partial charge on any atom is 0.0519 e. The third kappa shape index (κ3) is 5.30. The van der Waals surface area contributed by atoms with E-state index in [1.807, 2.05) is 18.2 Å². The Morgan fingerprint density at radius 1 is 0.533 bits per heavy atom. The minimum Gasteiger partial charge on any atom is -0.378 e. The van der Waals surface area contributed by atoms with Gasteiger partial charge < -0.3 is 10.6 Å². The van der Waals surface area contributed by atoms with Crippen LogP contribution in [0.3, 0.4) is 0 Å². The monoisotopic (exact) mass is 392 g/mol. The van der Waals surface area contributed by atoms with Gasteiger partial charge in [-0.2, -0.15) is 0 Å². The van der Waals surface area contributed by atoms with Crippen molar-refractivity contribution in [3.05, 3.63) is 126 Å². The van der Waals surface area contributed by atoms with E-state index in [1.165, 1.54) is 11.1 Å². The molecular formula is C28H28N2. The Bertz CT molecular complexity index is 1010. The Balaban J connectivity index is 1.49. The zero-order valence-electron chi connectivity index (χ0n) is 17.3. The summed E-state index contributed by atoms with van der Waals surface area (Å²) >= 11 is 0. The highest BCUT2D eigenvalue weighted by Crippen LogP contribution is 2.31. The van der Waals surface area contributed by atoms with Gasteiger partial charge in [0.1, 0.15) is 0 Å². The number of rotatable bonds is 8. The topological polar surface area (TPSA) is 24.1 Å². The molecule has 0 bridgehead atoms. The van der Waals surface area contributed by atoms with Gasteiger partial charge in [-0.05, 0) is 59.9 Å². The number of nitrogens with one attached hydrogen (secondary N) is 2. The molecule has 0 heterocycles. The van der Waals surface area contributed by atoms with E-state index >= 15 is 0 Å². The summed E-state index contributed by atoms with van der Waals surface area (Å²) in [5.74, 6) is 0.461. The van der Waals surface area contributed by atoms with Gasteiger partial charge in [0.2, 0.25) is 0 Å². The van der Waals surface area contributed by atoms with Crippen molar-refractivity contribution in [1.29, 1.82) is 0 Å². The van der Waals surface area contributed by atoms with Gasteiger partial charge in [0.05, 0.1) is 6.04 Å². The predicted molar refractivity (Wildman–Crippen MR) is 128 cm³/mol. The number of benzene rings is 4. The lowest BCUT2D eigenvalue weighted by Gasteiger charge is -2.24. The van der Waals surface area contributed by atoms with Crippen molar-refractivity contribution in [2.75, 3.05) is 10.6 Å².